The topological polar surface area (TPSA) is 63.2 Å². The van der Waals surface area contributed by atoms with E-state index in [9.17, 15) is 4.79 Å². The maximum Gasteiger partial charge on any atom is 0.361 e. The maximum atomic E-state index is 11.5. The van der Waals surface area contributed by atoms with Crippen LogP contribution >= 0.6 is 0 Å². The fourth-order valence-corrected chi connectivity index (χ4v) is 1.60. The van der Waals surface area contributed by atoms with Crippen LogP contribution in [0, 0.1) is 0 Å². The first-order chi connectivity index (χ1) is 8.69. The number of carbonyl (C=O) groups is 1. The van der Waals surface area contributed by atoms with Crippen molar-refractivity contribution in [3.63, 3.8) is 0 Å². The standard InChI is InChI=1S/C12H14O6/c1-4-16-12-17-9-6-7(11(13)15-3)5-8(14-2)10(9)18-12/h5-6,12H,4H2,1-3H3. The molecule has 0 aromatic heterocycles. The van der Waals surface area contributed by atoms with Gasteiger partial charge in [0.15, 0.2) is 11.5 Å². The molecule has 0 N–H and O–H groups in total. The lowest BCUT2D eigenvalue weighted by atomic mass is 10.2. The summed E-state index contributed by atoms with van der Waals surface area (Å²) in [6, 6.07) is 3.06. The van der Waals surface area contributed by atoms with E-state index in [4.69, 9.17) is 18.9 Å². The summed E-state index contributed by atoms with van der Waals surface area (Å²) in [4.78, 5) is 11.5. The molecule has 6 nitrogen and oxygen atoms in total. The van der Waals surface area contributed by atoms with Crippen molar-refractivity contribution in [2.45, 2.75) is 13.4 Å². The van der Waals surface area contributed by atoms with Gasteiger partial charge in [0.05, 0.1) is 26.4 Å². The summed E-state index contributed by atoms with van der Waals surface area (Å²) in [5, 5.41) is 0. The molecule has 1 atom stereocenters. The zero-order valence-electron chi connectivity index (χ0n) is 10.4. The molecule has 1 aliphatic rings. The maximum absolute atomic E-state index is 11.5. The van der Waals surface area contributed by atoms with Gasteiger partial charge in [-0.1, -0.05) is 0 Å². The van der Waals surface area contributed by atoms with Gasteiger partial charge in [-0.3, -0.25) is 0 Å². The summed E-state index contributed by atoms with van der Waals surface area (Å²) >= 11 is 0. The smallest absolute Gasteiger partial charge is 0.361 e. The van der Waals surface area contributed by atoms with Crippen LogP contribution in [-0.2, 0) is 9.47 Å². The monoisotopic (exact) mass is 254 g/mol. The number of fused-ring (bicyclic) bond motifs is 1. The van der Waals surface area contributed by atoms with Gasteiger partial charge in [-0.15, -0.1) is 0 Å². The molecule has 0 amide bonds. The molecule has 0 spiro atoms. The Balaban J connectivity index is 2.33. The first-order valence-electron chi connectivity index (χ1n) is 5.44. The molecule has 0 saturated carbocycles. The van der Waals surface area contributed by atoms with E-state index in [1.165, 1.54) is 26.4 Å². The third kappa shape index (κ3) is 2.19. The predicted molar refractivity (Wildman–Crippen MR) is 61.0 cm³/mol. The first kappa shape index (κ1) is 12.5. The SMILES string of the molecule is CCOC1Oc2cc(C(=O)OC)cc(OC)c2O1. The van der Waals surface area contributed by atoms with E-state index in [0.29, 0.717) is 29.4 Å². The normalized spacial score (nSPS) is 16.5. The number of carbonyl (C=O) groups excluding carboxylic acids is 1. The second-order valence-electron chi connectivity index (χ2n) is 3.48. The lowest BCUT2D eigenvalue weighted by Gasteiger charge is -2.08. The van der Waals surface area contributed by atoms with Crippen molar-refractivity contribution in [2.24, 2.45) is 0 Å². The second-order valence-corrected chi connectivity index (χ2v) is 3.48. The molecule has 2 rings (SSSR count). The van der Waals surface area contributed by atoms with Crippen LogP contribution in [0.3, 0.4) is 0 Å². The third-order valence-electron chi connectivity index (χ3n) is 2.40. The van der Waals surface area contributed by atoms with E-state index < -0.39 is 12.4 Å². The van der Waals surface area contributed by atoms with Crippen LogP contribution in [0.2, 0.25) is 0 Å². The van der Waals surface area contributed by atoms with Gasteiger partial charge in [-0.05, 0) is 19.1 Å². The molecule has 18 heavy (non-hydrogen) atoms. The quantitative estimate of drug-likeness (QED) is 0.760. The highest BCUT2D eigenvalue weighted by Gasteiger charge is 2.29. The van der Waals surface area contributed by atoms with Crippen molar-refractivity contribution < 1.29 is 28.5 Å². The Morgan fingerprint density at radius 1 is 1.33 bits per heavy atom. The van der Waals surface area contributed by atoms with Crippen molar-refractivity contribution in [2.75, 3.05) is 20.8 Å². The zero-order chi connectivity index (χ0) is 13.1. The summed E-state index contributed by atoms with van der Waals surface area (Å²) in [6.07, 6.45) is 0. The molecule has 98 valence electrons. The van der Waals surface area contributed by atoms with Crippen LogP contribution in [-0.4, -0.2) is 33.3 Å². The van der Waals surface area contributed by atoms with Gasteiger partial charge in [-0.2, -0.15) is 0 Å². The number of methoxy groups -OCH3 is 2. The molecule has 0 fully saturated rings. The van der Waals surface area contributed by atoms with E-state index in [0.717, 1.165) is 0 Å². The Morgan fingerprint density at radius 2 is 2.11 bits per heavy atom. The fraction of sp³-hybridized carbons (Fsp3) is 0.417. The molecule has 6 heteroatoms. The molecule has 1 aromatic carbocycles. The van der Waals surface area contributed by atoms with Gasteiger partial charge in [0, 0.05) is 0 Å². The lowest BCUT2D eigenvalue weighted by Crippen LogP contribution is -2.21. The Kier molecular flexibility index (Phi) is 3.57. The number of hydrogen-bond acceptors (Lipinski definition) is 6. The van der Waals surface area contributed by atoms with Gasteiger partial charge in [0.25, 0.3) is 0 Å². The van der Waals surface area contributed by atoms with Crippen LogP contribution < -0.4 is 14.2 Å². The highest BCUT2D eigenvalue weighted by molar-refractivity contribution is 5.91. The lowest BCUT2D eigenvalue weighted by molar-refractivity contribution is -0.173. The zero-order valence-corrected chi connectivity index (χ0v) is 10.4. The van der Waals surface area contributed by atoms with Crippen molar-refractivity contribution in [3.05, 3.63) is 17.7 Å². The van der Waals surface area contributed by atoms with Crippen LogP contribution in [0.5, 0.6) is 17.2 Å². The molecule has 0 radical (unpaired) electrons. The van der Waals surface area contributed by atoms with E-state index >= 15 is 0 Å². The average molecular weight is 254 g/mol. The minimum Gasteiger partial charge on any atom is -0.493 e. The molecule has 1 heterocycles. The number of rotatable bonds is 4. The molecule has 1 aliphatic heterocycles. The van der Waals surface area contributed by atoms with Crippen molar-refractivity contribution >= 4 is 5.97 Å². The van der Waals surface area contributed by atoms with Crippen molar-refractivity contribution in [1.29, 1.82) is 0 Å². The number of esters is 1. The van der Waals surface area contributed by atoms with Crippen molar-refractivity contribution in [1.82, 2.24) is 0 Å². The van der Waals surface area contributed by atoms with Crippen LogP contribution in [0.4, 0.5) is 0 Å². The van der Waals surface area contributed by atoms with Crippen LogP contribution in [0.25, 0.3) is 0 Å². The minimum absolute atomic E-state index is 0.328. The van der Waals surface area contributed by atoms with Gasteiger partial charge < -0.3 is 23.7 Å². The highest BCUT2D eigenvalue weighted by atomic mass is 16.9. The summed E-state index contributed by atoms with van der Waals surface area (Å²) in [6.45, 7) is 1.46. The number of ether oxygens (including phenoxy) is 5. The van der Waals surface area contributed by atoms with Gasteiger partial charge in [0.2, 0.25) is 5.75 Å². The van der Waals surface area contributed by atoms with Crippen LogP contribution in [0.15, 0.2) is 12.1 Å². The van der Waals surface area contributed by atoms with Gasteiger partial charge >= 0.3 is 12.4 Å². The number of hydrogen-bond donors (Lipinski definition) is 0. The highest BCUT2D eigenvalue weighted by Crippen LogP contribution is 2.43. The molecule has 1 aromatic rings. The molecule has 0 bridgehead atoms. The van der Waals surface area contributed by atoms with E-state index in [2.05, 4.69) is 4.74 Å². The first-order valence-corrected chi connectivity index (χ1v) is 5.44. The second kappa shape index (κ2) is 5.14. The predicted octanol–water partition coefficient (Wildman–Crippen LogP) is 1.57. The van der Waals surface area contributed by atoms with Gasteiger partial charge in [-0.25, -0.2) is 4.79 Å². The summed E-state index contributed by atoms with van der Waals surface area (Å²) in [7, 11) is 2.79. The van der Waals surface area contributed by atoms with Gasteiger partial charge in [0.1, 0.15) is 0 Å². The molecular formula is C12H14O6. The van der Waals surface area contributed by atoms with Crippen molar-refractivity contribution in [3.8, 4) is 17.2 Å². The molecular weight excluding hydrogens is 240 g/mol. The summed E-state index contributed by atoms with van der Waals surface area (Å²) < 4.78 is 25.8. The van der Waals surface area contributed by atoms with E-state index in [-0.39, 0.29) is 0 Å². The van der Waals surface area contributed by atoms with E-state index in [1.807, 2.05) is 6.92 Å². The Morgan fingerprint density at radius 3 is 2.72 bits per heavy atom. The average Bonchev–Trinajstić information content (AvgIpc) is 2.79. The summed E-state index contributed by atoms with van der Waals surface area (Å²) in [5.41, 5.74) is 0.328. The Labute approximate surface area is 104 Å². The minimum atomic E-state index is -0.813. The Hall–Kier alpha value is -1.95. The summed E-state index contributed by atoms with van der Waals surface area (Å²) in [5.74, 6) is 0.742. The fourth-order valence-electron chi connectivity index (χ4n) is 1.60. The third-order valence-corrected chi connectivity index (χ3v) is 2.40. The molecule has 1 unspecified atom stereocenters. The molecule has 0 aliphatic carbocycles. The number of benzene rings is 1. The van der Waals surface area contributed by atoms with E-state index in [1.54, 1.807) is 0 Å². The molecule has 0 saturated heterocycles. The van der Waals surface area contributed by atoms with Crippen LogP contribution in [0.1, 0.15) is 17.3 Å². The Bertz CT molecular complexity index is 456. The largest absolute Gasteiger partial charge is 0.493 e.